The predicted octanol–water partition coefficient (Wildman–Crippen LogP) is 6.57. The molecule has 0 aliphatic heterocycles. The van der Waals surface area contributed by atoms with Crippen LogP contribution in [0.1, 0.15) is 95.9 Å². The maximum atomic E-state index is 11.5. The molecule has 0 rings (SSSR count). The van der Waals surface area contributed by atoms with Gasteiger partial charge in [0.15, 0.2) is 5.78 Å². The molecule has 0 bridgehead atoms. The van der Waals surface area contributed by atoms with Crippen molar-refractivity contribution in [2.24, 2.45) is 11.8 Å². The highest BCUT2D eigenvalue weighted by Crippen LogP contribution is 2.01. The van der Waals surface area contributed by atoms with Gasteiger partial charge in [-0.1, -0.05) is 42.5 Å². The fourth-order valence-electron chi connectivity index (χ4n) is 1.93. The van der Waals surface area contributed by atoms with Gasteiger partial charge in [-0.05, 0) is 58.8 Å². The van der Waals surface area contributed by atoms with Crippen molar-refractivity contribution < 1.29 is 23.7 Å². The standard InChI is InChI=1S/C15H30O4.C8H18O.2CH4/c1-13(2)7-9-18-12-15(16)6-5-8-17-10-11-19-14(3)4;1-7(2)5-6-9-8(3)4;;/h13-14H,5-12H2,1-4H3;7-8H,5-6H2,1-4H3;2*1H4. The van der Waals surface area contributed by atoms with E-state index in [1.165, 1.54) is 6.42 Å². The van der Waals surface area contributed by atoms with Crippen LogP contribution < -0.4 is 0 Å². The van der Waals surface area contributed by atoms with Crippen LogP contribution in [0.4, 0.5) is 0 Å². The molecule has 5 nitrogen and oxygen atoms in total. The lowest BCUT2D eigenvalue weighted by molar-refractivity contribution is -0.124. The van der Waals surface area contributed by atoms with E-state index in [-0.39, 0.29) is 33.3 Å². The van der Waals surface area contributed by atoms with Crippen LogP contribution in [0.3, 0.4) is 0 Å². The van der Waals surface area contributed by atoms with E-state index < -0.39 is 0 Å². The summed E-state index contributed by atoms with van der Waals surface area (Å²) in [5.74, 6) is 1.55. The summed E-state index contributed by atoms with van der Waals surface area (Å²) in [5.41, 5.74) is 0. The second-order valence-electron chi connectivity index (χ2n) is 8.51. The highest BCUT2D eigenvalue weighted by Gasteiger charge is 2.03. The molecule has 0 aliphatic rings. The van der Waals surface area contributed by atoms with Crippen LogP contribution in [0.5, 0.6) is 0 Å². The summed E-state index contributed by atoms with van der Waals surface area (Å²) in [6, 6.07) is 0. The van der Waals surface area contributed by atoms with E-state index in [4.69, 9.17) is 18.9 Å². The zero-order valence-electron chi connectivity index (χ0n) is 19.9. The van der Waals surface area contributed by atoms with Crippen LogP contribution >= 0.6 is 0 Å². The Balaban J connectivity index is -0.000000262. The van der Waals surface area contributed by atoms with Gasteiger partial charge in [0.2, 0.25) is 0 Å². The molecule has 0 aromatic carbocycles. The van der Waals surface area contributed by atoms with Crippen molar-refractivity contribution >= 4 is 5.78 Å². The lowest BCUT2D eigenvalue weighted by Gasteiger charge is -2.08. The molecule has 0 aromatic rings. The second kappa shape index (κ2) is 26.5. The summed E-state index contributed by atoms with van der Waals surface area (Å²) in [4.78, 5) is 11.5. The maximum Gasteiger partial charge on any atom is 0.158 e. The van der Waals surface area contributed by atoms with Crippen molar-refractivity contribution in [3.8, 4) is 0 Å². The molecule has 0 radical (unpaired) electrons. The number of rotatable bonds is 17. The third-order valence-electron chi connectivity index (χ3n) is 3.67. The first-order chi connectivity index (χ1) is 13.1. The van der Waals surface area contributed by atoms with Crippen molar-refractivity contribution in [1.82, 2.24) is 0 Å². The Hall–Kier alpha value is -0.490. The van der Waals surface area contributed by atoms with Crippen LogP contribution in [0.25, 0.3) is 0 Å². The smallest absolute Gasteiger partial charge is 0.158 e. The number of carbonyl (C=O) groups excluding carboxylic acids is 1. The van der Waals surface area contributed by atoms with E-state index in [0.717, 1.165) is 25.4 Å². The van der Waals surface area contributed by atoms with Crippen LogP contribution in [-0.2, 0) is 23.7 Å². The molecule has 0 amide bonds. The van der Waals surface area contributed by atoms with E-state index in [2.05, 4.69) is 41.5 Å². The SMILES string of the molecule is C.C.CC(C)CCOC(C)C.CC(C)CCOCC(=O)CCCOCCOC(C)C. The normalized spacial score (nSPS) is 10.7. The molecular formula is C25H56O5. The fraction of sp³-hybridized carbons (Fsp3) is 0.960. The van der Waals surface area contributed by atoms with E-state index in [1.807, 2.05) is 13.8 Å². The van der Waals surface area contributed by atoms with E-state index in [0.29, 0.717) is 44.9 Å². The van der Waals surface area contributed by atoms with Gasteiger partial charge in [-0.15, -0.1) is 0 Å². The summed E-state index contributed by atoms with van der Waals surface area (Å²) in [6.07, 6.45) is 4.11. The molecule has 0 aliphatic carbocycles. The van der Waals surface area contributed by atoms with Crippen molar-refractivity contribution in [2.45, 2.75) is 108 Å². The monoisotopic (exact) mass is 436 g/mol. The van der Waals surface area contributed by atoms with Gasteiger partial charge < -0.3 is 18.9 Å². The number of ether oxygens (including phenoxy) is 4. The molecule has 0 atom stereocenters. The van der Waals surface area contributed by atoms with Crippen LogP contribution in [0.2, 0.25) is 0 Å². The van der Waals surface area contributed by atoms with Crippen molar-refractivity contribution in [2.75, 3.05) is 39.6 Å². The number of hydrogen-bond acceptors (Lipinski definition) is 5. The van der Waals surface area contributed by atoms with Gasteiger partial charge in [0.05, 0.1) is 25.4 Å². The average Bonchev–Trinajstić information content (AvgIpc) is 2.57. The summed E-state index contributed by atoms with van der Waals surface area (Å²) in [5, 5.41) is 0. The predicted molar refractivity (Wildman–Crippen MR) is 130 cm³/mol. The van der Waals surface area contributed by atoms with Gasteiger partial charge in [0, 0.05) is 26.2 Å². The Morgan fingerprint density at radius 2 is 1.13 bits per heavy atom. The molecular weight excluding hydrogens is 380 g/mol. The van der Waals surface area contributed by atoms with E-state index in [1.54, 1.807) is 0 Å². The lowest BCUT2D eigenvalue weighted by atomic mass is 10.1. The van der Waals surface area contributed by atoms with E-state index >= 15 is 0 Å². The molecule has 0 saturated heterocycles. The molecule has 0 fully saturated rings. The third-order valence-corrected chi connectivity index (χ3v) is 3.67. The minimum atomic E-state index is 0. The molecule has 0 saturated carbocycles. The quantitative estimate of drug-likeness (QED) is 0.241. The number of carbonyl (C=O) groups is 1. The molecule has 5 heteroatoms. The molecule has 0 unspecified atom stereocenters. The molecule has 0 spiro atoms. The highest BCUT2D eigenvalue weighted by molar-refractivity contribution is 5.79. The summed E-state index contributed by atoms with van der Waals surface area (Å²) >= 11 is 0. The van der Waals surface area contributed by atoms with Crippen LogP contribution in [-0.4, -0.2) is 57.6 Å². The van der Waals surface area contributed by atoms with Crippen LogP contribution in [0.15, 0.2) is 0 Å². The molecule has 30 heavy (non-hydrogen) atoms. The second-order valence-corrected chi connectivity index (χ2v) is 8.51. The highest BCUT2D eigenvalue weighted by atomic mass is 16.5. The molecule has 186 valence electrons. The number of Topliss-reactive ketones (excluding diaryl/α,β-unsaturated/α-hetero) is 1. The first-order valence-corrected chi connectivity index (χ1v) is 11.0. The van der Waals surface area contributed by atoms with E-state index in [9.17, 15) is 4.79 Å². The Morgan fingerprint density at radius 1 is 0.633 bits per heavy atom. The Morgan fingerprint density at radius 3 is 1.63 bits per heavy atom. The van der Waals surface area contributed by atoms with Gasteiger partial charge in [-0.25, -0.2) is 0 Å². The Kier molecular flexibility index (Phi) is 32.6. The minimum absolute atomic E-state index is 0. The van der Waals surface area contributed by atoms with Gasteiger partial charge in [-0.3, -0.25) is 4.79 Å². The minimum Gasteiger partial charge on any atom is -0.379 e. The average molecular weight is 437 g/mol. The van der Waals surface area contributed by atoms with Gasteiger partial charge in [0.25, 0.3) is 0 Å². The Labute approximate surface area is 189 Å². The summed E-state index contributed by atoms with van der Waals surface area (Å²) in [6.45, 7) is 20.5. The zero-order valence-corrected chi connectivity index (χ0v) is 19.9. The van der Waals surface area contributed by atoms with Crippen molar-refractivity contribution in [1.29, 1.82) is 0 Å². The molecule has 0 heterocycles. The van der Waals surface area contributed by atoms with Crippen molar-refractivity contribution in [3.05, 3.63) is 0 Å². The summed E-state index contributed by atoms with van der Waals surface area (Å²) in [7, 11) is 0. The molecule has 0 aromatic heterocycles. The number of hydrogen-bond donors (Lipinski definition) is 0. The van der Waals surface area contributed by atoms with Crippen molar-refractivity contribution in [3.63, 3.8) is 0 Å². The topological polar surface area (TPSA) is 54.0 Å². The third kappa shape index (κ3) is 38.2. The maximum absolute atomic E-state index is 11.5. The summed E-state index contributed by atoms with van der Waals surface area (Å²) < 4.78 is 21.4. The largest absolute Gasteiger partial charge is 0.379 e. The van der Waals surface area contributed by atoms with Crippen LogP contribution in [0, 0.1) is 11.8 Å². The zero-order chi connectivity index (χ0) is 21.8. The van der Waals surface area contributed by atoms with Gasteiger partial charge in [-0.2, -0.15) is 0 Å². The first kappa shape index (κ1) is 36.9. The Bertz CT molecular complexity index is 320. The molecule has 0 N–H and O–H groups in total. The van der Waals surface area contributed by atoms with Gasteiger partial charge >= 0.3 is 0 Å². The first-order valence-electron chi connectivity index (χ1n) is 11.0. The lowest BCUT2D eigenvalue weighted by Crippen LogP contribution is -2.13. The number of ketones is 1. The van der Waals surface area contributed by atoms with Gasteiger partial charge in [0.1, 0.15) is 6.61 Å². The fourth-order valence-corrected chi connectivity index (χ4v) is 1.93.